The third-order valence-corrected chi connectivity index (χ3v) is 21.1. The van der Waals surface area contributed by atoms with Gasteiger partial charge in [0.15, 0.2) is 0 Å². The standard InChI is InChI=1S/2C24H23F3N4O5.2C20H15F3N4O5/c1-23(2,3)36-17(32)10-29-21(34)18-20(33)13-5-4-6-14-19(13)31(22(18)35)11-15(30-14)12-7-8-16(28-9-12)24(25,26)27;1-23(2,3)36-17(32)11-30-21(34)18-20(33)13-5-4-6-14-19(13)31(22(18)35)15(10-28-14)12-7-8-16(29-9-12)24(25,26)27;21-20(22,23)13-5-4-9(6-24-13)12-8-27-16-10(2-1-3-11(16)26-12)17(30)15(19(27)32)18(31)25-7-14(28)29;21-20(22,23)13-5-4-9(6-25-13)12-7-24-11-3-1-2-10-16(11)27(12)19(32)15(17(10)30)18(31)26-8-14(28)29/h4-9,15,30,33H,10-11H2,1-3H3,(H,29,34);4-9,15,28,33H,10-11H2,1-3H3,(H,30,34);1-6,12,26,30H,7-8H2,(H,25,31)(H,28,29);1-6,12,24,30H,7-8H2,(H,26,31)(H,28,29). The van der Waals surface area contributed by atoms with E-state index >= 15 is 0 Å². The van der Waals surface area contributed by atoms with Gasteiger partial charge in [-0.05, 0) is 137 Å². The maximum atomic E-state index is 13.5. The van der Waals surface area contributed by atoms with Crippen molar-refractivity contribution < 1.29 is 131 Å². The van der Waals surface area contributed by atoms with Crippen molar-refractivity contribution in [2.24, 2.45) is 0 Å². The van der Waals surface area contributed by atoms with Crippen LogP contribution in [0.1, 0.15) is 152 Å². The second-order valence-electron chi connectivity index (χ2n) is 32.7. The third kappa shape index (κ3) is 20.5. The van der Waals surface area contributed by atoms with E-state index in [-0.39, 0.29) is 64.3 Å². The van der Waals surface area contributed by atoms with Gasteiger partial charge in [0.05, 0.1) is 82.1 Å². The number of alkyl halides is 12. The minimum absolute atomic E-state index is 0.0496. The number of rotatable bonds is 16. The number of carbonyl (C=O) groups is 8. The van der Waals surface area contributed by atoms with Crippen LogP contribution < -0.4 is 64.8 Å². The van der Waals surface area contributed by atoms with Crippen LogP contribution in [0, 0.1) is 0 Å². The maximum Gasteiger partial charge on any atom is 0.433 e. The van der Waals surface area contributed by atoms with Crippen LogP contribution in [0.2, 0.25) is 0 Å². The van der Waals surface area contributed by atoms with E-state index in [0.717, 1.165) is 49.1 Å². The summed E-state index contributed by atoms with van der Waals surface area (Å²) >= 11 is 0. The summed E-state index contributed by atoms with van der Waals surface area (Å²) in [5.41, 5.74) is -7.45. The summed E-state index contributed by atoms with van der Waals surface area (Å²) in [4.78, 5) is 163. The Kier molecular flexibility index (Phi) is 26.7. The number of hydrogen-bond acceptors (Lipinski definition) is 26. The molecule has 16 rings (SSSR count). The molecule has 0 bridgehead atoms. The summed E-state index contributed by atoms with van der Waals surface area (Å²) in [6.45, 7) is 7.44. The number of carbonyl (C=O) groups excluding carboxylic acids is 6. The van der Waals surface area contributed by atoms with Gasteiger partial charge in [0.25, 0.3) is 45.9 Å². The lowest BCUT2D eigenvalue weighted by atomic mass is 10.0. The number of aromatic nitrogens is 8. The zero-order valence-corrected chi connectivity index (χ0v) is 71.3. The highest BCUT2D eigenvalue weighted by atomic mass is 19.4. The molecule has 12 aromatic rings. The van der Waals surface area contributed by atoms with E-state index in [4.69, 9.17) is 19.7 Å². The Balaban J connectivity index is 0.000000154. The number of carboxylic acids is 2. The number of para-hydroxylation sites is 4. The van der Waals surface area contributed by atoms with Crippen LogP contribution in [0.15, 0.2) is 165 Å². The summed E-state index contributed by atoms with van der Waals surface area (Å²) in [7, 11) is 0. The Hall–Kier alpha value is -16.4. The molecule has 136 heavy (non-hydrogen) atoms. The smallest absolute Gasteiger partial charge is 0.433 e. The number of hydrogen-bond donors (Lipinski definition) is 14. The van der Waals surface area contributed by atoms with Gasteiger partial charge >= 0.3 is 48.6 Å². The molecule has 0 radical (unpaired) electrons. The normalized spacial score (nSPS) is 15.3. The fourth-order valence-corrected chi connectivity index (χ4v) is 15.3. The van der Waals surface area contributed by atoms with E-state index < -0.39 is 224 Å². The summed E-state index contributed by atoms with van der Waals surface area (Å²) < 4.78 is 170. The van der Waals surface area contributed by atoms with Crippen LogP contribution in [0.5, 0.6) is 23.0 Å². The molecule has 4 unspecified atom stereocenters. The molecule has 0 aliphatic carbocycles. The number of halogens is 12. The second kappa shape index (κ2) is 37.4. The van der Waals surface area contributed by atoms with Gasteiger partial charge < -0.3 is 91.8 Å². The largest absolute Gasteiger partial charge is 0.506 e. The predicted octanol–water partition coefficient (Wildman–Crippen LogP) is 10.6. The Morgan fingerprint density at radius 3 is 0.897 bits per heavy atom. The molecule has 712 valence electrons. The van der Waals surface area contributed by atoms with E-state index in [1.807, 2.05) is 10.6 Å². The number of nitrogens with one attached hydrogen (secondary N) is 8. The summed E-state index contributed by atoms with van der Waals surface area (Å²) in [6.07, 6.45) is -14.3. The van der Waals surface area contributed by atoms with Gasteiger partial charge in [-0.3, -0.25) is 86.6 Å². The molecule has 4 atom stereocenters. The lowest BCUT2D eigenvalue weighted by Gasteiger charge is -2.30. The molecule has 0 spiro atoms. The molecule has 4 aliphatic rings. The fourth-order valence-electron chi connectivity index (χ4n) is 15.3. The Bertz CT molecular complexity index is 7100. The summed E-state index contributed by atoms with van der Waals surface area (Å²) in [6, 6.07) is 24.1. The molecule has 14 N–H and O–H groups in total. The molecular weight excluding hydrogens is 1830 g/mol. The molecule has 0 saturated heterocycles. The molecular formula is C88H76F12N16O20. The summed E-state index contributed by atoms with van der Waals surface area (Å²) in [5, 5.41) is 82.1. The predicted molar refractivity (Wildman–Crippen MR) is 459 cm³/mol. The molecule has 0 saturated carbocycles. The van der Waals surface area contributed by atoms with Crippen molar-refractivity contribution in [1.29, 1.82) is 0 Å². The van der Waals surface area contributed by atoms with Crippen LogP contribution >= 0.6 is 0 Å². The Morgan fingerprint density at radius 1 is 0.368 bits per heavy atom. The van der Waals surface area contributed by atoms with Crippen molar-refractivity contribution in [3.8, 4) is 23.0 Å². The van der Waals surface area contributed by atoms with E-state index in [2.05, 4.69) is 51.8 Å². The van der Waals surface area contributed by atoms with Gasteiger partial charge in [-0.25, -0.2) is 0 Å². The fraction of sp³-hybridized carbons (Fsp3) is 0.273. The monoisotopic (exact) mass is 1900 g/mol. The first-order valence-corrected chi connectivity index (χ1v) is 40.4. The highest BCUT2D eigenvalue weighted by Crippen LogP contribution is 2.44. The van der Waals surface area contributed by atoms with Crippen molar-refractivity contribution in [3.63, 3.8) is 0 Å². The topological polar surface area (TPSA) is 512 Å². The first kappa shape index (κ1) is 97.2. The van der Waals surface area contributed by atoms with Crippen molar-refractivity contribution in [3.05, 3.63) is 255 Å². The van der Waals surface area contributed by atoms with Crippen LogP contribution in [0.3, 0.4) is 0 Å². The van der Waals surface area contributed by atoms with Crippen LogP contribution in [-0.4, -0.2) is 167 Å². The number of nitrogens with zero attached hydrogens (tertiary/aromatic N) is 8. The van der Waals surface area contributed by atoms with Crippen LogP contribution in [0.25, 0.3) is 43.6 Å². The molecule has 4 aliphatic heterocycles. The molecule has 48 heteroatoms. The number of aliphatic carboxylic acids is 2. The number of anilines is 4. The highest BCUT2D eigenvalue weighted by molar-refractivity contribution is 6.09. The summed E-state index contributed by atoms with van der Waals surface area (Å²) in [5.74, 6) is -10.6. The van der Waals surface area contributed by atoms with Gasteiger partial charge in [0.1, 0.15) is 105 Å². The van der Waals surface area contributed by atoms with E-state index in [1.165, 1.54) is 66.8 Å². The number of amides is 4. The first-order valence-electron chi connectivity index (χ1n) is 40.4. The van der Waals surface area contributed by atoms with E-state index in [1.54, 1.807) is 90.1 Å². The van der Waals surface area contributed by atoms with Gasteiger partial charge in [0, 0.05) is 59.4 Å². The second-order valence-corrected chi connectivity index (χ2v) is 32.7. The number of benzene rings is 4. The van der Waals surface area contributed by atoms with Crippen molar-refractivity contribution in [1.82, 2.24) is 59.5 Å². The average Bonchev–Trinajstić information content (AvgIpc) is 0.713. The number of esters is 2. The van der Waals surface area contributed by atoms with Crippen LogP contribution in [0.4, 0.5) is 75.4 Å². The number of ether oxygens (including phenoxy) is 2. The molecule has 8 aromatic heterocycles. The Morgan fingerprint density at radius 2 is 0.632 bits per heavy atom. The minimum Gasteiger partial charge on any atom is -0.506 e. The SMILES string of the molecule is CC(C)(C)OC(=O)CNC(=O)c1c(O)c2cccc3c2n(c1=O)C(c1ccc(C(F)(F)F)nc1)CN3.CC(C)(C)OC(=O)CNC(=O)c1c(O)c2cccc3c2n(c1=O)CC(c1ccc(C(F)(F)F)nc1)N3.O=C(O)CNC(=O)c1c(O)c2cccc3c2n(c1=O)C(c1ccc(C(F)(F)F)nc1)CN3.O=C(O)CNC(=O)c1c(O)c2cccc3c2n(c1=O)CC(c1ccc(C(F)(F)F)nc1)N3. The molecule has 4 aromatic carbocycles. The first-order chi connectivity index (χ1) is 63.7. The quantitative estimate of drug-likeness (QED) is 0.0316. The zero-order valence-electron chi connectivity index (χ0n) is 71.3. The zero-order chi connectivity index (χ0) is 99.2. The van der Waals surface area contributed by atoms with E-state index in [0.29, 0.717) is 50.5 Å². The molecule has 0 fully saturated rings. The van der Waals surface area contributed by atoms with E-state index in [9.17, 15) is 131 Å². The molecule has 36 nitrogen and oxygen atoms in total. The highest BCUT2D eigenvalue weighted by Gasteiger charge is 2.41. The maximum absolute atomic E-state index is 13.5. The Labute approximate surface area is 754 Å². The van der Waals surface area contributed by atoms with Gasteiger partial charge in [-0.2, -0.15) is 52.7 Å². The van der Waals surface area contributed by atoms with Gasteiger partial charge in [0.2, 0.25) is 0 Å². The lowest BCUT2D eigenvalue weighted by Crippen LogP contribution is -2.41. The van der Waals surface area contributed by atoms with Crippen LogP contribution in [-0.2, 0) is 66.4 Å². The van der Waals surface area contributed by atoms with Gasteiger partial charge in [-0.15, -0.1) is 0 Å². The average molecular weight is 1910 g/mol. The third-order valence-electron chi connectivity index (χ3n) is 21.1. The van der Waals surface area contributed by atoms with Crippen molar-refractivity contribution in [2.75, 3.05) is 60.5 Å². The minimum atomic E-state index is -4.63. The van der Waals surface area contributed by atoms with Crippen molar-refractivity contribution >= 4 is 114 Å². The molecule has 4 amide bonds. The number of pyridine rings is 8. The molecule has 12 heterocycles. The van der Waals surface area contributed by atoms with Crippen molar-refractivity contribution in [2.45, 2.75) is 115 Å². The number of aromatic hydroxyl groups is 4. The lowest BCUT2D eigenvalue weighted by molar-refractivity contribution is -0.154. The van der Waals surface area contributed by atoms with Gasteiger partial charge in [-0.1, -0.05) is 48.5 Å². The number of carboxylic acid groups (broad SMARTS) is 2.